The molecule has 28 heavy (non-hydrogen) atoms. The summed E-state index contributed by atoms with van der Waals surface area (Å²) in [6.07, 6.45) is 2.73. The van der Waals surface area contributed by atoms with E-state index in [1.165, 1.54) is 5.56 Å². The molecule has 0 unspecified atom stereocenters. The van der Waals surface area contributed by atoms with Gasteiger partial charge in [-0.2, -0.15) is 0 Å². The number of nitrogens with one attached hydrogen (secondary N) is 1. The smallest absolute Gasteiger partial charge is 0.219 e. The summed E-state index contributed by atoms with van der Waals surface area (Å²) in [4.78, 5) is 8.67. The molecular formula is C22H24N4O2. The number of methoxy groups -OCH3 is 1. The zero-order valence-electron chi connectivity index (χ0n) is 16.1. The van der Waals surface area contributed by atoms with Crippen molar-refractivity contribution in [2.75, 3.05) is 12.4 Å². The maximum absolute atomic E-state index is 5.97. The van der Waals surface area contributed by atoms with Gasteiger partial charge in [0, 0.05) is 24.0 Å². The van der Waals surface area contributed by atoms with Crippen LogP contribution >= 0.6 is 0 Å². The lowest BCUT2D eigenvalue weighted by atomic mass is 10.1. The third-order valence-electron chi connectivity index (χ3n) is 4.13. The monoisotopic (exact) mass is 376 g/mol. The van der Waals surface area contributed by atoms with Crippen molar-refractivity contribution in [3.05, 3.63) is 78.0 Å². The van der Waals surface area contributed by atoms with E-state index in [4.69, 9.17) is 15.2 Å². The molecule has 0 saturated carbocycles. The summed E-state index contributed by atoms with van der Waals surface area (Å²) < 4.78 is 10.9. The number of anilines is 1. The molecule has 2 aromatic carbocycles. The van der Waals surface area contributed by atoms with Gasteiger partial charge in [-0.1, -0.05) is 31.2 Å². The van der Waals surface area contributed by atoms with Gasteiger partial charge in [-0.25, -0.2) is 9.98 Å². The van der Waals surface area contributed by atoms with Gasteiger partial charge in [0.15, 0.2) is 5.96 Å². The number of nitrogens with two attached hydrogens (primary N) is 1. The van der Waals surface area contributed by atoms with Crippen LogP contribution < -0.4 is 20.5 Å². The molecule has 3 N–H and O–H groups in total. The number of aryl methyl sites for hydroxylation is 1. The highest BCUT2D eigenvalue weighted by atomic mass is 16.5. The number of pyridine rings is 1. The molecule has 0 aliphatic heterocycles. The first-order valence-corrected chi connectivity index (χ1v) is 9.09. The maximum Gasteiger partial charge on any atom is 0.219 e. The van der Waals surface area contributed by atoms with Crippen LogP contribution in [0.4, 0.5) is 5.69 Å². The van der Waals surface area contributed by atoms with Crippen LogP contribution in [0.1, 0.15) is 18.1 Å². The molecule has 0 atom stereocenters. The summed E-state index contributed by atoms with van der Waals surface area (Å²) in [5.41, 5.74) is 9.10. The van der Waals surface area contributed by atoms with E-state index >= 15 is 0 Å². The van der Waals surface area contributed by atoms with Crippen molar-refractivity contribution in [2.45, 2.75) is 19.9 Å². The van der Waals surface area contributed by atoms with Gasteiger partial charge in [0.1, 0.15) is 11.5 Å². The van der Waals surface area contributed by atoms with Gasteiger partial charge >= 0.3 is 0 Å². The average molecular weight is 376 g/mol. The van der Waals surface area contributed by atoms with E-state index in [2.05, 4.69) is 34.3 Å². The Labute approximate surface area is 165 Å². The second-order valence-corrected chi connectivity index (χ2v) is 6.16. The van der Waals surface area contributed by atoms with E-state index in [1.807, 2.05) is 36.4 Å². The normalized spacial score (nSPS) is 11.1. The number of hydrogen-bond donors (Lipinski definition) is 2. The fourth-order valence-corrected chi connectivity index (χ4v) is 2.54. The molecule has 6 nitrogen and oxygen atoms in total. The first-order chi connectivity index (χ1) is 13.7. The highest BCUT2D eigenvalue weighted by Gasteiger charge is 2.02. The van der Waals surface area contributed by atoms with E-state index in [-0.39, 0.29) is 0 Å². The number of guanidine groups is 1. The summed E-state index contributed by atoms with van der Waals surface area (Å²) in [6, 6.07) is 19.2. The van der Waals surface area contributed by atoms with Gasteiger partial charge in [0.2, 0.25) is 5.88 Å². The SMILES string of the molecule is CCc1ccc(NC(N)=NCc2ccc(Oc3cccc(OC)c3)nc2)cc1. The van der Waals surface area contributed by atoms with E-state index in [1.54, 1.807) is 25.4 Å². The zero-order valence-corrected chi connectivity index (χ0v) is 16.1. The minimum Gasteiger partial charge on any atom is -0.497 e. The molecule has 1 aromatic heterocycles. The lowest BCUT2D eigenvalue weighted by Crippen LogP contribution is -2.22. The number of aromatic nitrogens is 1. The molecule has 0 bridgehead atoms. The molecule has 0 amide bonds. The van der Waals surface area contributed by atoms with Crippen LogP contribution in [0.5, 0.6) is 17.4 Å². The quantitative estimate of drug-likeness (QED) is 0.473. The predicted molar refractivity (Wildman–Crippen MR) is 112 cm³/mol. The molecule has 0 aliphatic rings. The molecule has 1 heterocycles. The molecule has 6 heteroatoms. The second kappa shape index (κ2) is 9.41. The fourth-order valence-electron chi connectivity index (χ4n) is 2.54. The van der Waals surface area contributed by atoms with Crippen LogP contribution in [0.3, 0.4) is 0 Å². The Hall–Kier alpha value is -3.54. The average Bonchev–Trinajstić information content (AvgIpc) is 2.74. The summed E-state index contributed by atoms with van der Waals surface area (Å²) in [5, 5.41) is 3.09. The predicted octanol–water partition coefficient (Wildman–Crippen LogP) is 4.37. The van der Waals surface area contributed by atoms with Crippen LogP contribution in [0.15, 0.2) is 71.9 Å². The lowest BCUT2D eigenvalue weighted by Gasteiger charge is -2.08. The minimum atomic E-state index is 0.362. The van der Waals surface area contributed by atoms with Crippen LogP contribution in [0.25, 0.3) is 0 Å². The maximum atomic E-state index is 5.97. The standard InChI is InChI=1S/C22H24N4O2/c1-3-16-7-10-18(11-8-16)26-22(23)25-15-17-9-12-21(24-14-17)28-20-6-4-5-19(13-20)27-2/h4-14H,3,15H2,1-2H3,(H3,23,25,26). The highest BCUT2D eigenvalue weighted by Crippen LogP contribution is 2.23. The summed E-state index contributed by atoms with van der Waals surface area (Å²) in [5.74, 6) is 2.26. The molecule has 3 rings (SSSR count). The first kappa shape index (κ1) is 19.2. The zero-order chi connectivity index (χ0) is 19.8. The Morgan fingerprint density at radius 3 is 2.46 bits per heavy atom. The van der Waals surface area contributed by atoms with Crippen LogP contribution in [0.2, 0.25) is 0 Å². The molecular weight excluding hydrogens is 352 g/mol. The van der Waals surface area contributed by atoms with Crippen molar-refractivity contribution in [1.82, 2.24) is 4.98 Å². The summed E-state index contributed by atoms with van der Waals surface area (Å²) >= 11 is 0. The Bertz CT molecular complexity index is 922. The van der Waals surface area contributed by atoms with E-state index in [0.29, 0.717) is 24.1 Å². The Kier molecular flexibility index (Phi) is 6.46. The molecule has 0 aliphatic carbocycles. The number of benzene rings is 2. The van der Waals surface area contributed by atoms with Crippen LogP contribution in [-0.2, 0) is 13.0 Å². The van der Waals surface area contributed by atoms with E-state index in [0.717, 1.165) is 23.4 Å². The van der Waals surface area contributed by atoms with Crippen LogP contribution in [0, 0.1) is 0 Å². The molecule has 0 fully saturated rings. The van der Waals surface area contributed by atoms with Crippen molar-refractivity contribution in [3.63, 3.8) is 0 Å². The van der Waals surface area contributed by atoms with Crippen molar-refractivity contribution in [2.24, 2.45) is 10.7 Å². The molecule has 0 radical (unpaired) electrons. The van der Waals surface area contributed by atoms with Gasteiger partial charge in [-0.15, -0.1) is 0 Å². The third-order valence-corrected chi connectivity index (χ3v) is 4.13. The Balaban J connectivity index is 1.56. The number of nitrogens with zero attached hydrogens (tertiary/aromatic N) is 2. The first-order valence-electron chi connectivity index (χ1n) is 9.09. The lowest BCUT2D eigenvalue weighted by molar-refractivity contribution is 0.407. The second-order valence-electron chi connectivity index (χ2n) is 6.16. The molecule has 0 saturated heterocycles. The topological polar surface area (TPSA) is 81.8 Å². The highest BCUT2D eigenvalue weighted by molar-refractivity contribution is 5.92. The number of hydrogen-bond acceptors (Lipinski definition) is 4. The van der Waals surface area contributed by atoms with Gasteiger partial charge in [0.05, 0.1) is 13.7 Å². The number of rotatable bonds is 7. The molecule has 144 valence electrons. The van der Waals surface area contributed by atoms with Gasteiger partial charge < -0.3 is 20.5 Å². The van der Waals surface area contributed by atoms with Gasteiger partial charge in [-0.3, -0.25) is 0 Å². The van der Waals surface area contributed by atoms with E-state index in [9.17, 15) is 0 Å². The largest absolute Gasteiger partial charge is 0.497 e. The Morgan fingerprint density at radius 2 is 1.79 bits per heavy atom. The number of aliphatic imine (C=N–C) groups is 1. The molecule has 0 spiro atoms. The van der Waals surface area contributed by atoms with Crippen molar-refractivity contribution in [1.29, 1.82) is 0 Å². The fraction of sp³-hybridized carbons (Fsp3) is 0.182. The Morgan fingerprint density at radius 1 is 1.04 bits per heavy atom. The third kappa shape index (κ3) is 5.48. The van der Waals surface area contributed by atoms with Gasteiger partial charge in [-0.05, 0) is 41.8 Å². The van der Waals surface area contributed by atoms with Crippen molar-refractivity contribution < 1.29 is 9.47 Å². The molecule has 3 aromatic rings. The minimum absolute atomic E-state index is 0.362. The summed E-state index contributed by atoms with van der Waals surface area (Å²) in [7, 11) is 1.62. The summed E-state index contributed by atoms with van der Waals surface area (Å²) in [6.45, 7) is 2.55. The van der Waals surface area contributed by atoms with Crippen LogP contribution in [-0.4, -0.2) is 18.1 Å². The van der Waals surface area contributed by atoms with E-state index < -0.39 is 0 Å². The van der Waals surface area contributed by atoms with Crippen molar-refractivity contribution in [3.8, 4) is 17.4 Å². The van der Waals surface area contributed by atoms with Crippen molar-refractivity contribution >= 4 is 11.6 Å². The number of ether oxygens (including phenoxy) is 2. The van der Waals surface area contributed by atoms with Gasteiger partial charge in [0.25, 0.3) is 0 Å².